The third kappa shape index (κ3) is 15.6. The van der Waals surface area contributed by atoms with Gasteiger partial charge in [0.2, 0.25) is 5.91 Å². The molecule has 10 nitrogen and oxygen atoms in total. The van der Waals surface area contributed by atoms with Crippen molar-refractivity contribution in [3.8, 4) is 5.75 Å². The molecule has 0 heterocycles. The predicted molar refractivity (Wildman–Crippen MR) is 137 cm³/mol. The number of ether oxygens (including phenoxy) is 7. The summed E-state index contributed by atoms with van der Waals surface area (Å²) < 4.78 is 37.8. The molecule has 0 spiro atoms. The summed E-state index contributed by atoms with van der Waals surface area (Å²) in [6, 6.07) is 16.0. The molecular weight excluding hydrogens is 482 g/mol. The summed E-state index contributed by atoms with van der Waals surface area (Å²) in [6.45, 7) is 6.56. The van der Waals surface area contributed by atoms with Crippen LogP contribution in [0.5, 0.6) is 5.75 Å². The van der Waals surface area contributed by atoms with Crippen molar-refractivity contribution in [2.24, 2.45) is 0 Å². The van der Waals surface area contributed by atoms with Gasteiger partial charge < -0.3 is 38.5 Å². The molecule has 1 N–H and O–H groups in total. The lowest BCUT2D eigenvalue weighted by Gasteiger charge is -2.09. The first-order chi connectivity index (χ1) is 18.1. The maximum absolute atomic E-state index is 11.7. The molecule has 2 aromatic carbocycles. The van der Waals surface area contributed by atoms with Gasteiger partial charge in [-0.2, -0.15) is 0 Å². The van der Waals surface area contributed by atoms with Gasteiger partial charge in [-0.3, -0.25) is 4.79 Å². The van der Waals surface area contributed by atoms with Gasteiger partial charge in [-0.05, 0) is 36.4 Å². The quantitative estimate of drug-likeness (QED) is 0.197. The zero-order valence-corrected chi connectivity index (χ0v) is 21.4. The van der Waals surface area contributed by atoms with Crippen LogP contribution in [0.25, 0.3) is 0 Å². The summed E-state index contributed by atoms with van der Waals surface area (Å²) in [7, 11) is 0. The van der Waals surface area contributed by atoms with Gasteiger partial charge in [-0.1, -0.05) is 18.2 Å². The highest BCUT2D eigenvalue weighted by Crippen LogP contribution is 2.15. The molecule has 2 rings (SSSR count). The van der Waals surface area contributed by atoms with Crippen LogP contribution in [-0.4, -0.2) is 91.2 Å². The lowest BCUT2D eigenvalue weighted by Crippen LogP contribution is -2.15. The normalized spacial score (nSPS) is 10.7. The summed E-state index contributed by atoms with van der Waals surface area (Å²) in [5.74, 6) is 0.244. The van der Waals surface area contributed by atoms with Crippen LogP contribution in [0.2, 0.25) is 0 Å². The Balaban J connectivity index is 1.26. The van der Waals surface area contributed by atoms with Gasteiger partial charge in [0, 0.05) is 12.6 Å². The molecular formula is C27H37NO9. The third-order valence-electron chi connectivity index (χ3n) is 4.63. The lowest BCUT2D eigenvalue weighted by molar-refractivity contribution is -0.114. The van der Waals surface area contributed by atoms with Crippen molar-refractivity contribution >= 4 is 17.6 Å². The van der Waals surface area contributed by atoms with Gasteiger partial charge in [-0.25, -0.2) is 4.79 Å². The minimum atomic E-state index is -0.358. The van der Waals surface area contributed by atoms with E-state index < -0.39 is 0 Å². The van der Waals surface area contributed by atoms with Crippen LogP contribution in [0.3, 0.4) is 0 Å². The Labute approximate surface area is 218 Å². The van der Waals surface area contributed by atoms with Gasteiger partial charge in [0.05, 0.1) is 71.6 Å². The van der Waals surface area contributed by atoms with Crippen LogP contribution >= 0.6 is 0 Å². The van der Waals surface area contributed by atoms with Crippen molar-refractivity contribution in [2.45, 2.75) is 6.92 Å². The number of hydrogen-bond acceptors (Lipinski definition) is 9. The number of hydrogen-bond donors (Lipinski definition) is 1. The van der Waals surface area contributed by atoms with E-state index in [1.165, 1.54) is 6.92 Å². The summed E-state index contributed by atoms with van der Waals surface area (Å²) in [5, 5.41) is 2.70. The highest BCUT2D eigenvalue weighted by Gasteiger charge is 2.05. The van der Waals surface area contributed by atoms with Gasteiger partial charge >= 0.3 is 5.97 Å². The van der Waals surface area contributed by atoms with Crippen molar-refractivity contribution < 1.29 is 42.7 Å². The molecule has 0 aromatic heterocycles. The van der Waals surface area contributed by atoms with Crippen LogP contribution in [0.15, 0.2) is 54.6 Å². The van der Waals surface area contributed by atoms with Crippen molar-refractivity contribution in [3.63, 3.8) is 0 Å². The third-order valence-corrected chi connectivity index (χ3v) is 4.63. The first-order valence-corrected chi connectivity index (χ1v) is 12.3. The average Bonchev–Trinajstić information content (AvgIpc) is 2.91. The van der Waals surface area contributed by atoms with E-state index in [0.29, 0.717) is 84.0 Å². The molecule has 10 heteroatoms. The Kier molecular flexibility index (Phi) is 16.4. The van der Waals surface area contributed by atoms with E-state index in [1.54, 1.807) is 48.5 Å². The van der Waals surface area contributed by atoms with Crippen molar-refractivity contribution in [3.05, 3.63) is 60.2 Å². The Morgan fingerprint density at radius 3 is 1.54 bits per heavy atom. The minimum absolute atomic E-state index is 0.110. The molecule has 0 radical (unpaired) electrons. The molecule has 0 aliphatic carbocycles. The molecule has 0 aliphatic rings. The lowest BCUT2D eigenvalue weighted by atomic mass is 10.2. The Morgan fingerprint density at radius 1 is 0.595 bits per heavy atom. The molecule has 0 atom stereocenters. The number of carbonyl (C=O) groups is 2. The van der Waals surface area contributed by atoms with Crippen LogP contribution in [0.4, 0.5) is 5.69 Å². The second kappa shape index (κ2) is 20.1. The molecule has 2 aromatic rings. The molecule has 0 fully saturated rings. The van der Waals surface area contributed by atoms with E-state index in [4.69, 9.17) is 33.2 Å². The summed E-state index contributed by atoms with van der Waals surface area (Å²) >= 11 is 0. The topological polar surface area (TPSA) is 111 Å². The number of nitrogens with one attached hydrogen (secondary N) is 1. The zero-order valence-electron chi connectivity index (χ0n) is 21.4. The zero-order chi connectivity index (χ0) is 26.4. The minimum Gasteiger partial charge on any atom is -0.491 e. The molecule has 0 aliphatic heterocycles. The van der Waals surface area contributed by atoms with Crippen molar-refractivity contribution in [2.75, 3.05) is 84.6 Å². The molecule has 204 valence electrons. The molecule has 0 bridgehead atoms. The van der Waals surface area contributed by atoms with E-state index in [2.05, 4.69) is 5.32 Å². The first-order valence-electron chi connectivity index (χ1n) is 12.3. The smallest absolute Gasteiger partial charge is 0.338 e. The van der Waals surface area contributed by atoms with Gasteiger partial charge in [0.25, 0.3) is 0 Å². The fourth-order valence-electron chi connectivity index (χ4n) is 2.89. The van der Waals surface area contributed by atoms with Gasteiger partial charge in [0.1, 0.15) is 19.0 Å². The summed E-state index contributed by atoms with van der Waals surface area (Å²) in [4.78, 5) is 22.7. The number of amides is 1. The van der Waals surface area contributed by atoms with E-state index >= 15 is 0 Å². The van der Waals surface area contributed by atoms with Crippen LogP contribution in [-0.2, 0) is 33.2 Å². The first kappa shape index (κ1) is 30.2. The maximum Gasteiger partial charge on any atom is 0.338 e. The molecule has 0 saturated carbocycles. The Morgan fingerprint density at radius 2 is 1.05 bits per heavy atom. The standard InChI is InChI=1S/C27H37NO9/c1-23(29)28-25-7-9-26(10-8-25)36-21-19-34-17-15-32-13-11-31-12-14-33-16-18-35-20-22-37-27(30)24-5-3-2-4-6-24/h2-10H,11-22H2,1H3,(H,28,29). The second-order valence-corrected chi connectivity index (χ2v) is 7.62. The second-order valence-electron chi connectivity index (χ2n) is 7.62. The molecule has 37 heavy (non-hydrogen) atoms. The maximum atomic E-state index is 11.7. The van der Waals surface area contributed by atoms with Crippen LogP contribution < -0.4 is 10.1 Å². The highest BCUT2D eigenvalue weighted by molar-refractivity contribution is 5.89. The van der Waals surface area contributed by atoms with Crippen molar-refractivity contribution in [1.29, 1.82) is 0 Å². The van der Waals surface area contributed by atoms with E-state index in [0.717, 1.165) is 5.69 Å². The summed E-state index contributed by atoms with van der Waals surface area (Å²) in [5.41, 5.74) is 1.25. The van der Waals surface area contributed by atoms with Gasteiger partial charge in [-0.15, -0.1) is 0 Å². The van der Waals surface area contributed by atoms with Crippen LogP contribution in [0.1, 0.15) is 17.3 Å². The summed E-state index contributed by atoms with van der Waals surface area (Å²) in [6.07, 6.45) is 0. The molecule has 0 unspecified atom stereocenters. The number of anilines is 1. The average molecular weight is 520 g/mol. The SMILES string of the molecule is CC(=O)Nc1ccc(OCCOCCOCCOCCOCCOCCOC(=O)c2ccccc2)cc1. The van der Waals surface area contributed by atoms with E-state index in [-0.39, 0.29) is 18.5 Å². The fourth-order valence-corrected chi connectivity index (χ4v) is 2.89. The Bertz CT molecular complexity index is 862. The molecule has 1 amide bonds. The Hall–Kier alpha value is -3.02. The molecule has 0 saturated heterocycles. The largest absolute Gasteiger partial charge is 0.491 e. The van der Waals surface area contributed by atoms with E-state index in [9.17, 15) is 9.59 Å². The number of esters is 1. The fraction of sp³-hybridized carbons (Fsp3) is 0.481. The monoisotopic (exact) mass is 519 g/mol. The van der Waals surface area contributed by atoms with Gasteiger partial charge in [0.15, 0.2) is 0 Å². The van der Waals surface area contributed by atoms with E-state index in [1.807, 2.05) is 6.07 Å². The number of carbonyl (C=O) groups excluding carboxylic acids is 2. The number of benzene rings is 2. The predicted octanol–water partition coefficient (Wildman–Crippen LogP) is 2.96. The van der Waals surface area contributed by atoms with Crippen LogP contribution in [0, 0.1) is 0 Å². The van der Waals surface area contributed by atoms with Crippen molar-refractivity contribution in [1.82, 2.24) is 0 Å². The highest BCUT2D eigenvalue weighted by atomic mass is 16.6. The number of rotatable bonds is 21.